The van der Waals surface area contributed by atoms with Gasteiger partial charge in [-0.1, -0.05) is 18.2 Å². The predicted molar refractivity (Wildman–Crippen MR) is 70.0 cm³/mol. The van der Waals surface area contributed by atoms with Gasteiger partial charge in [0, 0.05) is 5.56 Å². The lowest BCUT2D eigenvalue weighted by atomic mass is 10.2. The van der Waals surface area contributed by atoms with Crippen molar-refractivity contribution in [1.29, 1.82) is 0 Å². The molecular formula is C13H12FN5. The van der Waals surface area contributed by atoms with Gasteiger partial charge < -0.3 is 10.3 Å². The quantitative estimate of drug-likeness (QED) is 0.761. The Morgan fingerprint density at radius 3 is 2.84 bits per heavy atom. The lowest BCUT2D eigenvalue weighted by molar-refractivity contribution is 0.601. The third kappa shape index (κ3) is 2.01. The van der Waals surface area contributed by atoms with E-state index < -0.39 is 0 Å². The highest BCUT2D eigenvalue weighted by Crippen LogP contribution is 2.18. The lowest BCUT2D eigenvalue weighted by Gasteiger charge is -2.05. The number of imidazole rings is 1. The molecule has 0 aliphatic carbocycles. The van der Waals surface area contributed by atoms with E-state index in [1.54, 1.807) is 36.0 Å². The number of hydrogen-bond donors (Lipinski definition) is 1. The Balaban J connectivity index is 2.09. The SMILES string of the molecule is Cc1nc(N)c2ncn(Cc3ccccc3F)c2n1. The molecule has 19 heavy (non-hydrogen) atoms. The van der Waals surface area contributed by atoms with Crippen LogP contribution in [-0.4, -0.2) is 19.5 Å². The molecule has 2 aromatic heterocycles. The molecule has 0 amide bonds. The molecule has 3 aromatic rings. The van der Waals surface area contributed by atoms with Crippen LogP contribution in [0.5, 0.6) is 0 Å². The van der Waals surface area contributed by atoms with Gasteiger partial charge in [-0.05, 0) is 13.0 Å². The number of aromatic nitrogens is 4. The fourth-order valence-electron chi connectivity index (χ4n) is 2.01. The van der Waals surface area contributed by atoms with Crippen LogP contribution in [0, 0.1) is 12.7 Å². The number of benzene rings is 1. The van der Waals surface area contributed by atoms with E-state index in [9.17, 15) is 4.39 Å². The molecule has 0 aliphatic rings. The summed E-state index contributed by atoms with van der Waals surface area (Å²) < 4.78 is 15.4. The van der Waals surface area contributed by atoms with Gasteiger partial charge >= 0.3 is 0 Å². The maximum Gasteiger partial charge on any atom is 0.166 e. The molecule has 0 unspecified atom stereocenters. The van der Waals surface area contributed by atoms with E-state index in [1.807, 2.05) is 0 Å². The van der Waals surface area contributed by atoms with Crippen molar-refractivity contribution in [3.63, 3.8) is 0 Å². The first-order valence-corrected chi connectivity index (χ1v) is 5.83. The van der Waals surface area contributed by atoms with Crippen molar-refractivity contribution in [2.45, 2.75) is 13.5 Å². The molecule has 0 saturated heterocycles. The number of rotatable bonds is 2. The molecular weight excluding hydrogens is 245 g/mol. The molecule has 5 nitrogen and oxygen atoms in total. The molecule has 3 rings (SSSR count). The van der Waals surface area contributed by atoms with Gasteiger partial charge in [-0.3, -0.25) is 0 Å². The Bertz CT molecular complexity index is 750. The van der Waals surface area contributed by atoms with Crippen molar-refractivity contribution in [3.8, 4) is 0 Å². The van der Waals surface area contributed by atoms with Gasteiger partial charge in [0.05, 0.1) is 12.9 Å². The zero-order chi connectivity index (χ0) is 13.4. The summed E-state index contributed by atoms with van der Waals surface area (Å²) in [4.78, 5) is 12.5. The molecule has 0 saturated carbocycles. The summed E-state index contributed by atoms with van der Waals surface area (Å²) in [6.45, 7) is 2.12. The van der Waals surface area contributed by atoms with Crippen molar-refractivity contribution >= 4 is 17.0 Å². The van der Waals surface area contributed by atoms with Gasteiger partial charge in [0.2, 0.25) is 0 Å². The smallest absolute Gasteiger partial charge is 0.166 e. The molecule has 0 atom stereocenters. The Hall–Kier alpha value is -2.50. The van der Waals surface area contributed by atoms with Gasteiger partial charge in [0.1, 0.15) is 17.2 Å². The van der Waals surface area contributed by atoms with Crippen LogP contribution >= 0.6 is 0 Å². The molecule has 0 bridgehead atoms. The largest absolute Gasteiger partial charge is 0.382 e. The first-order valence-electron chi connectivity index (χ1n) is 5.83. The van der Waals surface area contributed by atoms with Crippen LogP contribution < -0.4 is 5.73 Å². The van der Waals surface area contributed by atoms with Gasteiger partial charge in [-0.25, -0.2) is 19.3 Å². The van der Waals surface area contributed by atoms with E-state index in [-0.39, 0.29) is 5.82 Å². The van der Waals surface area contributed by atoms with Crippen molar-refractivity contribution < 1.29 is 4.39 Å². The second-order valence-corrected chi connectivity index (χ2v) is 4.29. The summed E-state index contributed by atoms with van der Waals surface area (Å²) in [6, 6.07) is 6.63. The third-order valence-corrected chi connectivity index (χ3v) is 2.90. The van der Waals surface area contributed by atoms with Crippen molar-refractivity contribution in [3.05, 3.63) is 47.8 Å². The summed E-state index contributed by atoms with van der Waals surface area (Å²) in [5, 5.41) is 0. The van der Waals surface area contributed by atoms with Crippen LogP contribution in [0.1, 0.15) is 11.4 Å². The fourth-order valence-corrected chi connectivity index (χ4v) is 2.01. The minimum Gasteiger partial charge on any atom is -0.382 e. The van der Waals surface area contributed by atoms with Crippen LogP contribution in [0.25, 0.3) is 11.2 Å². The molecule has 0 aliphatic heterocycles. The summed E-state index contributed by atoms with van der Waals surface area (Å²) in [5.74, 6) is 0.665. The molecule has 0 radical (unpaired) electrons. The fraction of sp³-hybridized carbons (Fsp3) is 0.154. The third-order valence-electron chi connectivity index (χ3n) is 2.90. The van der Waals surface area contributed by atoms with Gasteiger partial charge in [-0.15, -0.1) is 0 Å². The Labute approximate surface area is 108 Å². The van der Waals surface area contributed by atoms with Gasteiger partial charge in [-0.2, -0.15) is 0 Å². The molecule has 1 aromatic carbocycles. The summed E-state index contributed by atoms with van der Waals surface area (Å²) in [6.07, 6.45) is 1.60. The maximum absolute atomic E-state index is 13.6. The van der Waals surface area contributed by atoms with E-state index >= 15 is 0 Å². The first-order chi connectivity index (χ1) is 9.15. The van der Waals surface area contributed by atoms with Crippen molar-refractivity contribution in [1.82, 2.24) is 19.5 Å². The Morgan fingerprint density at radius 1 is 1.26 bits per heavy atom. The van der Waals surface area contributed by atoms with Crippen LogP contribution in [0.3, 0.4) is 0 Å². The minimum absolute atomic E-state index is 0.247. The molecule has 0 fully saturated rings. The van der Waals surface area contributed by atoms with E-state index in [4.69, 9.17) is 5.73 Å². The summed E-state index contributed by atoms with van der Waals surface area (Å²) in [7, 11) is 0. The summed E-state index contributed by atoms with van der Waals surface area (Å²) in [5.41, 5.74) is 7.54. The Morgan fingerprint density at radius 2 is 2.05 bits per heavy atom. The van der Waals surface area contributed by atoms with E-state index in [2.05, 4.69) is 15.0 Å². The lowest BCUT2D eigenvalue weighted by Crippen LogP contribution is -2.03. The summed E-state index contributed by atoms with van der Waals surface area (Å²) >= 11 is 0. The number of nitrogens with two attached hydrogens (primary N) is 1. The monoisotopic (exact) mass is 257 g/mol. The highest BCUT2D eigenvalue weighted by Gasteiger charge is 2.11. The standard InChI is InChI=1S/C13H12FN5/c1-8-17-12(15)11-13(18-8)19(7-16-11)6-9-4-2-3-5-10(9)14/h2-5,7H,6H2,1H3,(H2,15,17,18). The minimum atomic E-state index is -0.247. The number of aryl methyl sites for hydroxylation is 1. The molecule has 6 heteroatoms. The van der Waals surface area contributed by atoms with Crippen molar-refractivity contribution in [2.24, 2.45) is 0 Å². The number of halogens is 1. The highest BCUT2D eigenvalue weighted by molar-refractivity contribution is 5.81. The zero-order valence-corrected chi connectivity index (χ0v) is 10.3. The second kappa shape index (κ2) is 4.31. The second-order valence-electron chi connectivity index (χ2n) is 4.29. The van der Waals surface area contributed by atoms with Gasteiger partial charge in [0.15, 0.2) is 11.5 Å². The number of nitrogen functional groups attached to an aromatic ring is 1. The highest BCUT2D eigenvalue weighted by atomic mass is 19.1. The maximum atomic E-state index is 13.6. The van der Waals surface area contributed by atoms with E-state index in [1.165, 1.54) is 6.07 Å². The van der Waals surface area contributed by atoms with E-state index in [0.29, 0.717) is 34.9 Å². The topological polar surface area (TPSA) is 69.6 Å². The number of fused-ring (bicyclic) bond motifs is 1. The van der Waals surface area contributed by atoms with Crippen LogP contribution in [0.15, 0.2) is 30.6 Å². The Kier molecular flexibility index (Phi) is 2.63. The average Bonchev–Trinajstić information content (AvgIpc) is 2.76. The van der Waals surface area contributed by atoms with Crippen LogP contribution in [0.2, 0.25) is 0 Å². The molecule has 96 valence electrons. The number of anilines is 1. The predicted octanol–water partition coefficient (Wildman–Crippen LogP) is 1.90. The first kappa shape index (κ1) is 11.6. The van der Waals surface area contributed by atoms with Gasteiger partial charge in [0.25, 0.3) is 0 Å². The molecule has 2 N–H and O–H groups in total. The van der Waals surface area contributed by atoms with Crippen LogP contribution in [0.4, 0.5) is 10.2 Å². The average molecular weight is 257 g/mol. The van der Waals surface area contributed by atoms with Crippen LogP contribution in [-0.2, 0) is 6.54 Å². The number of hydrogen-bond acceptors (Lipinski definition) is 4. The zero-order valence-electron chi connectivity index (χ0n) is 10.3. The number of nitrogens with zero attached hydrogens (tertiary/aromatic N) is 4. The normalized spacial score (nSPS) is 11.1. The van der Waals surface area contributed by atoms with Crippen molar-refractivity contribution in [2.75, 3.05) is 5.73 Å². The molecule has 0 spiro atoms. The van der Waals surface area contributed by atoms with E-state index in [0.717, 1.165) is 0 Å². The molecule has 2 heterocycles.